The number of nitrogens with one attached hydrogen (secondary N) is 2. The maximum Gasteiger partial charge on any atom is 0.336 e. The lowest BCUT2D eigenvalue weighted by molar-refractivity contribution is -0.253. The van der Waals surface area contributed by atoms with Gasteiger partial charge in [-0.15, -0.1) is 0 Å². The van der Waals surface area contributed by atoms with Gasteiger partial charge in [-0.05, 0) is 90.8 Å². The number of carbonyl (C=O) groups is 2. The Morgan fingerprint density at radius 1 is 0.780 bits per heavy atom. The molecule has 4 aromatic rings. The van der Waals surface area contributed by atoms with Crippen LogP contribution in [0.3, 0.4) is 0 Å². The molecule has 1 amide bonds. The van der Waals surface area contributed by atoms with E-state index in [1.54, 1.807) is 19.1 Å². The van der Waals surface area contributed by atoms with Crippen molar-refractivity contribution in [2.24, 2.45) is 0 Å². The third-order valence-electron chi connectivity index (χ3n) is 6.06. The second kappa shape index (κ2) is 12.6. The van der Waals surface area contributed by atoms with E-state index in [1.165, 1.54) is 72.8 Å². The maximum atomic E-state index is 13.1. The summed E-state index contributed by atoms with van der Waals surface area (Å²) in [7, 11) is -3.88. The Bertz CT molecular complexity index is 1670. The summed E-state index contributed by atoms with van der Waals surface area (Å²) in [4.78, 5) is 33.8. The van der Waals surface area contributed by atoms with Crippen molar-refractivity contribution in [2.75, 3.05) is 10.8 Å². The highest BCUT2D eigenvalue weighted by Crippen LogP contribution is 2.25. The lowest BCUT2D eigenvalue weighted by Crippen LogP contribution is -2.16. The van der Waals surface area contributed by atoms with E-state index < -0.39 is 21.7 Å². The molecule has 0 aliphatic heterocycles. The number of sulfone groups is 1. The first-order valence-corrected chi connectivity index (χ1v) is 13.6. The molecule has 4 aromatic carbocycles. The van der Waals surface area contributed by atoms with Crippen LogP contribution in [-0.4, -0.2) is 35.8 Å². The van der Waals surface area contributed by atoms with Crippen molar-refractivity contribution in [3.63, 3.8) is 0 Å². The Kier molecular flexibility index (Phi) is 9.00. The molecule has 41 heavy (non-hydrogen) atoms. The zero-order chi connectivity index (χ0) is 29.6. The molecule has 12 heteroatoms. The molecule has 0 atom stereocenters. The zero-order valence-electron chi connectivity index (χ0n) is 21.7. The van der Waals surface area contributed by atoms with Crippen molar-refractivity contribution in [3.8, 4) is 5.75 Å². The van der Waals surface area contributed by atoms with Crippen molar-refractivity contribution in [1.82, 2.24) is 0 Å². The molecule has 0 aromatic heterocycles. The Labute approximate surface area is 235 Å². The summed E-state index contributed by atoms with van der Waals surface area (Å²) < 4.78 is 26.2. The molecule has 4 rings (SSSR count). The minimum absolute atomic E-state index is 0.0000176. The van der Waals surface area contributed by atoms with Crippen LogP contribution in [0.15, 0.2) is 94.7 Å². The molecule has 0 radical (unpaired) electrons. The van der Waals surface area contributed by atoms with Gasteiger partial charge in [-0.3, -0.25) is 20.4 Å². The van der Waals surface area contributed by atoms with E-state index >= 15 is 0 Å². The number of carboxylic acids is 1. The monoisotopic (exact) mass is 578 g/mol. The van der Waals surface area contributed by atoms with Crippen LogP contribution >= 0.6 is 0 Å². The summed E-state index contributed by atoms with van der Waals surface area (Å²) in [6, 6.07) is 20.4. The fraction of sp³-hybridized carbons (Fsp3) is 0.103. The van der Waals surface area contributed by atoms with Gasteiger partial charge in [-0.25, -0.2) is 18.1 Å². The molecule has 0 saturated carbocycles. The number of rotatable bonds is 11. The molecule has 0 unspecified atom stereocenters. The maximum absolute atomic E-state index is 13.1. The number of benzene rings is 4. The highest BCUT2D eigenvalue weighted by molar-refractivity contribution is 7.91. The van der Waals surface area contributed by atoms with Crippen LogP contribution < -0.4 is 10.8 Å². The van der Waals surface area contributed by atoms with Gasteiger partial charge < -0.3 is 15.5 Å². The first-order valence-electron chi connectivity index (χ1n) is 12.1. The van der Waals surface area contributed by atoms with Gasteiger partial charge in [0.2, 0.25) is 9.84 Å². The van der Waals surface area contributed by atoms with E-state index in [9.17, 15) is 28.2 Å². The van der Waals surface area contributed by atoms with Gasteiger partial charge in [0.05, 0.1) is 33.2 Å². The van der Waals surface area contributed by atoms with Crippen LogP contribution in [0, 0.1) is 6.92 Å². The second-order valence-electron chi connectivity index (χ2n) is 8.98. The molecule has 212 valence electrons. The number of phenolic OH excluding ortho intramolecular Hbond substituents is 1. The SMILES string of the molecule is Cc1ccc(C(=O)Nc2ccc(S(=O)(=O)c3ccc(NOCc4ccc(O)cc4COO)cc3)cc2)c(C(=O)O)c1. The molecule has 0 bridgehead atoms. The number of anilines is 2. The number of aryl methyl sites for hydroxylation is 1. The minimum Gasteiger partial charge on any atom is -0.508 e. The molecule has 11 nitrogen and oxygen atoms in total. The molecule has 0 saturated heterocycles. The Morgan fingerprint density at radius 2 is 1.41 bits per heavy atom. The lowest BCUT2D eigenvalue weighted by Gasteiger charge is -2.12. The number of amides is 1. The van der Waals surface area contributed by atoms with Crippen LogP contribution in [-0.2, 0) is 32.8 Å². The third kappa shape index (κ3) is 7.07. The normalized spacial score (nSPS) is 11.2. The predicted octanol–water partition coefficient (Wildman–Crippen LogP) is 5.02. The molecule has 0 aliphatic rings. The summed E-state index contributed by atoms with van der Waals surface area (Å²) >= 11 is 0. The smallest absolute Gasteiger partial charge is 0.336 e. The molecule has 0 aliphatic carbocycles. The number of carboxylic acid groups (broad SMARTS) is 1. The van der Waals surface area contributed by atoms with E-state index in [0.29, 0.717) is 28.1 Å². The lowest BCUT2D eigenvalue weighted by atomic mass is 10.0. The van der Waals surface area contributed by atoms with Crippen LogP contribution in [0.5, 0.6) is 5.75 Å². The summed E-state index contributed by atoms with van der Waals surface area (Å²) in [6.45, 7) is 1.66. The number of phenols is 1. The molecule has 5 N–H and O–H groups in total. The summed E-state index contributed by atoms with van der Waals surface area (Å²) in [5, 5.41) is 30.3. The van der Waals surface area contributed by atoms with Gasteiger partial charge in [0.25, 0.3) is 5.91 Å². The number of carbonyl (C=O) groups excluding carboxylic acids is 1. The molecular formula is C29H26N2O9S. The average molecular weight is 579 g/mol. The largest absolute Gasteiger partial charge is 0.508 e. The first kappa shape index (κ1) is 29.2. The van der Waals surface area contributed by atoms with E-state index in [2.05, 4.69) is 15.7 Å². The average Bonchev–Trinajstić information content (AvgIpc) is 2.95. The Hall–Kier alpha value is -4.75. The molecule has 0 fully saturated rings. The second-order valence-corrected chi connectivity index (χ2v) is 10.9. The van der Waals surface area contributed by atoms with Crippen molar-refractivity contribution in [3.05, 3.63) is 113 Å². The predicted molar refractivity (Wildman–Crippen MR) is 148 cm³/mol. The third-order valence-corrected chi connectivity index (χ3v) is 7.85. The van der Waals surface area contributed by atoms with E-state index in [0.717, 1.165) is 0 Å². The van der Waals surface area contributed by atoms with Crippen LogP contribution in [0.25, 0.3) is 0 Å². The highest BCUT2D eigenvalue weighted by Gasteiger charge is 2.19. The number of aromatic carboxylic acids is 1. The Balaban J connectivity index is 1.39. The zero-order valence-corrected chi connectivity index (χ0v) is 22.5. The van der Waals surface area contributed by atoms with Crippen molar-refractivity contribution in [2.45, 2.75) is 29.9 Å². The van der Waals surface area contributed by atoms with Gasteiger partial charge in [0.15, 0.2) is 0 Å². The first-order chi connectivity index (χ1) is 19.6. The quantitative estimate of drug-likeness (QED) is 0.120. The molecular weight excluding hydrogens is 552 g/mol. The highest BCUT2D eigenvalue weighted by atomic mass is 32.2. The van der Waals surface area contributed by atoms with Crippen LogP contribution in [0.4, 0.5) is 11.4 Å². The number of hydrogen-bond acceptors (Lipinski definition) is 9. The van der Waals surface area contributed by atoms with Gasteiger partial charge in [-0.1, -0.05) is 17.7 Å². The van der Waals surface area contributed by atoms with Gasteiger partial charge in [0.1, 0.15) is 12.4 Å². The summed E-state index contributed by atoms with van der Waals surface area (Å²) in [5.74, 6) is -1.85. The Morgan fingerprint density at radius 3 is 2.02 bits per heavy atom. The fourth-order valence-corrected chi connectivity index (χ4v) is 5.20. The van der Waals surface area contributed by atoms with Gasteiger partial charge in [0, 0.05) is 5.69 Å². The van der Waals surface area contributed by atoms with Crippen molar-refractivity contribution >= 4 is 33.1 Å². The summed E-state index contributed by atoms with van der Waals surface area (Å²) in [6.07, 6.45) is 0. The van der Waals surface area contributed by atoms with E-state index in [-0.39, 0.29) is 39.9 Å². The van der Waals surface area contributed by atoms with Crippen molar-refractivity contribution < 1.29 is 43.2 Å². The number of hydrogen-bond donors (Lipinski definition) is 5. The fourth-order valence-electron chi connectivity index (χ4n) is 3.94. The van der Waals surface area contributed by atoms with Crippen LogP contribution in [0.2, 0.25) is 0 Å². The van der Waals surface area contributed by atoms with E-state index in [4.69, 9.17) is 10.1 Å². The minimum atomic E-state index is -3.88. The molecule has 0 heterocycles. The van der Waals surface area contributed by atoms with Crippen LogP contribution in [0.1, 0.15) is 37.4 Å². The van der Waals surface area contributed by atoms with Gasteiger partial charge >= 0.3 is 5.97 Å². The van der Waals surface area contributed by atoms with E-state index in [1.807, 2.05) is 0 Å². The topological polar surface area (TPSA) is 171 Å². The standard InChI is InChI=1S/C29H26N2O9S/c1-18-2-13-26(27(14-18)29(34)35)28(33)30-21-4-9-24(10-5-21)41(37,38)25-11-6-22(7-12-25)31-39-16-19-3-8-23(32)15-20(19)17-40-36/h2-15,31-32,36H,16-17H2,1H3,(H,30,33)(H,34,35). The number of aromatic hydroxyl groups is 1. The molecule has 0 spiro atoms. The van der Waals surface area contributed by atoms with Crippen molar-refractivity contribution in [1.29, 1.82) is 0 Å². The summed E-state index contributed by atoms with van der Waals surface area (Å²) in [5.41, 5.74) is 5.23. The van der Waals surface area contributed by atoms with Gasteiger partial charge in [-0.2, -0.15) is 0 Å².